The van der Waals surface area contributed by atoms with Crippen molar-refractivity contribution < 1.29 is 18.7 Å². The highest BCUT2D eigenvalue weighted by Gasteiger charge is 2.26. The second-order valence-electron chi connectivity index (χ2n) is 5.62. The van der Waals surface area contributed by atoms with E-state index in [2.05, 4.69) is 10.4 Å². The second kappa shape index (κ2) is 6.72. The van der Waals surface area contributed by atoms with Crippen molar-refractivity contribution in [3.05, 3.63) is 55.1 Å². The molecule has 0 saturated heterocycles. The summed E-state index contributed by atoms with van der Waals surface area (Å²) in [5.41, 5.74) is 0.900. The van der Waals surface area contributed by atoms with Crippen LogP contribution in [0.3, 0.4) is 0 Å². The van der Waals surface area contributed by atoms with Crippen LogP contribution < -0.4 is 14.8 Å². The van der Waals surface area contributed by atoms with Gasteiger partial charge in [0, 0.05) is 12.7 Å². The van der Waals surface area contributed by atoms with Crippen LogP contribution in [0.2, 0.25) is 0 Å². The number of carbonyl (C=O) groups is 1. The summed E-state index contributed by atoms with van der Waals surface area (Å²) in [4.78, 5) is 12.2. The highest BCUT2D eigenvalue weighted by molar-refractivity contribution is 5.81. The van der Waals surface area contributed by atoms with Gasteiger partial charge in [-0.05, 0) is 24.3 Å². The fraction of sp³-hybridized carbons (Fsp3) is 0.222. The monoisotopic (exact) mass is 339 g/mol. The van der Waals surface area contributed by atoms with E-state index in [1.165, 1.54) is 0 Å². The van der Waals surface area contributed by atoms with E-state index < -0.39 is 6.10 Å². The maximum absolute atomic E-state index is 12.2. The van der Waals surface area contributed by atoms with Crippen molar-refractivity contribution in [1.82, 2.24) is 15.1 Å². The molecule has 3 heterocycles. The zero-order valence-electron chi connectivity index (χ0n) is 13.4. The predicted octanol–water partition coefficient (Wildman–Crippen LogP) is 2.10. The molecule has 0 bridgehead atoms. The van der Waals surface area contributed by atoms with E-state index in [1.807, 2.05) is 36.5 Å². The van der Waals surface area contributed by atoms with Crippen molar-refractivity contribution in [2.24, 2.45) is 0 Å². The third-order valence-corrected chi connectivity index (χ3v) is 3.88. The van der Waals surface area contributed by atoms with Gasteiger partial charge >= 0.3 is 0 Å². The number of furan rings is 1. The summed E-state index contributed by atoms with van der Waals surface area (Å²) < 4.78 is 18.3. The van der Waals surface area contributed by atoms with Crippen LogP contribution in [0.25, 0.3) is 11.3 Å². The number of amides is 1. The number of nitrogens with zero attached hydrogens (tertiary/aromatic N) is 2. The Balaban J connectivity index is 1.28. The minimum Gasteiger partial charge on any atom is -0.485 e. The summed E-state index contributed by atoms with van der Waals surface area (Å²) in [6, 6.07) is 11.0. The van der Waals surface area contributed by atoms with E-state index >= 15 is 0 Å². The van der Waals surface area contributed by atoms with Crippen molar-refractivity contribution in [2.45, 2.75) is 12.6 Å². The summed E-state index contributed by atoms with van der Waals surface area (Å²) in [5, 5.41) is 7.11. The van der Waals surface area contributed by atoms with E-state index in [4.69, 9.17) is 13.9 Å². The Kier molecular flexibility index (Phi) is 4.12. The molecule has 1 amide bonds. The van der Waals surface area contributed by atoms with Gasteiger partial charge in [0.2, 0.25) is 6.10 Å². The van der Waals surface area contributed by atoms with Crippen LogP contribution in [0.4, 0.5) is 0 Å². The molecule has 0 spiro atoms. The first-order chi connectivity index (χ1) is 12.3. The fourth-order valence-electron chi connectivity index (χ4n) is 2.61. The molecule has 0 radical (unpaired) electrons. The van der Waals surface area contributed by atoms with E-state index in [0.29, 0.717) is 24.6 Å². The molecule has 1 aliphatic heterocycles. The Labute approximate surface area is 144 Å². The number of para-hydroxylation sites is 2. The van der Waals surface area contributed by atoms with Crippen LogP contribution in [-0.2, 0) is 11.3 Å². The molecule has 2 aromatic heterocycles. The Morgan fingerprint density at radius 1 is 1.24 bits per heavy atom. The van der Waals surface area contributed by atoms with Gasteiger partial charge in [0.05, 0.1) is 24.6 Å². The van der Waals surface area contributed by atoms with Crippen LogP contribution in [0.1, 0.15) is 0 Å². The third-order valence-electron chi connectivity index (χ3n) is 3.88. The molecule has 7 heteroatoms. The zero-order valence-corrected chi connectivity index (χ0v) is 13.4. The minimum absolute atomic E-state index is 0.201. The fourth-order valence-corrected chi connectivity index (χ4v) is 2.61. The summed E-state index contributed by atoms with van der Waals surface area (Å²) in [6.45, 7) is 1.20. The van der Waals surface area contributed by atoms with Crippen molar-refractivity contribution in [3.63, 3.8) is 0 Å². The summed E-state index contributed by atoms with van der Waals surface area (Å²) in [5.74, 6) is 1.81. The number of aromatic nitrogens is 2. The lowest BCUT2D eigenvalue weighted by molar-refractivity contribution is -0.130. The zero-order chi connectivity index (χ0) is 17.1. The maximum Gasteiger partial charge on any atom is 0.264 e. The standard InChI is InChI=1S/C18H17N3O4/c22-18(17-12-24-15-4-1-2-5-16(15)25-17)19-7-8-21-11-13(10-20-21)14-6-3-9-23-14/h1-6,9-11,17H,7-8,12H2,(H,19,22)/t17-/m0/s1. The molecular formula is C18H17N3O4. The average molecular weight is 339 g/mol. The molecule has 0 aliphatic carbocycles. The van der Waals surface area contributed by atoms with Crippen LogP contribution in [-0.4, -0.2) is 34.9 Å². The van der Waals surface area contributed by atoms with Gasteiger partial charge < -0.3 is 19.2 Å². The summed E-state index contributed by atoms with van der Waals surface area (Å²) in [7, 11) is 0. The SMILES string of the molecule is O=C(NCCn1cc(-c2ccco2)cn1)[C@@H]1COc2ccccc2O1. The molecule has 0 saturated carbocycles. The van der Waals surface area contributed by atoms with Crippen LogP contribution >= 0.6 is 0 Å². The van der Waals surface area contributed by atoms with Gasteiger partial charge in [0.1, 0.15) is 12.4 Å². The number of hydrogen-bond donors (Lipinski definition) is 1. The number of carbonyl (C=O) groups excluding carboxylic acids is 1. The molecule has 25 heavy (non-hydrogen) atoms. The van der Waals surface area contributed by atoms with Crippen LogP contribution in [0, 0.1) is 0 Å². The Hall–Kier alpha value is -3.22. The normalized spacial score (nSPS) is 15.8. The molecule has 7 nitrogen and oxygen atoms in total. The summed E-state index contributed by atoms with van der Waals surface area (Å²) in [6.07, 6.45) is 4.58. The first-order valence-corrected chi connectivity index (χ1v) is 8.02. The van der Waals surface area contributed by atoms with Gasteiger partial charge in [-0.15, -0.1) is 0 Å². The Morgan fingerprint density at radius 3 is 2.96 bits per heavy atom. The predicted molar refractivity (Wildman–Crippen MR) is 89.3 cm³/mol. The topological polar surface area (TPSA) is 78.5 Å². The van der Waals surface area contributed by atoms with E-state index in [9.17, 15) is 4.79 Å². The van der Waals surface area contributed by atoms with Crippen LogP contribution in [0.15, 0.2) is 59.5 Å². The van der Waals surface area contributed by atoms with Crippen molar-refractivity contribution >= 4 is 5.91 Å². The molecule has 0 unspecified atom stereocenters. The largest absolute Gasteiger partial charge is 0.485 e. The molecule has 1 aliphatic rings. The molecule has 1 atom stereocenters. The number of benzene rings is 1. The molecule has 3 aromatic rings. The smallest absolute Gasteiger partial charge is 0.264 e. The van der Waals surface area contributed by atoms with Crippen molar-refractivity contribution in [1.29, 1.82) is 0 Å². The van der Waals surface area contributed by atoms with Crippen LogP contribution in [0.5, 0.6) is 11.5 Å². The van der Waals surface area contributed by atoms with Crippen molar-refractivity contribution in [2.75, 3.05) is 13.2 Å². The highest BCUT2D eigenvalue weighted by atomic mass is 16.6. The van der Waals surface area contributed by atoms with E-state index in [1.54, 1.807) is 23.2 Å². The van der Waals surface area contributed by atoms with Gasteiger partial charge in [0.25, 0.3) is 5.91 Å². The van der Waals surface area contributed by atoms with Crippen molar-refractivity contribution in [3.8, 4) is 22.8 Å². The Bertz CT molecular complexity index is 857. The number of hydrogen-bond acceptors (Lipinski definition) is 5. The highest BCUT2D eigenvalue weighted by Crippen LogP contribution is 2.30. The molecule has 1 N–H and O–H groups in total. The molecule has 128 valence electrons. The Morgan fingerprint density at radius 2 is 2.12 bits per heavy atom. The van der Waals surface area contributed by atoms with Gasteiger partial charge in [-0.3, -0.25) is 9.48 Å². The summed E-state index contributed by atoms with van der Waals surface area (Å²) >= 11 is 0. The maximum atomic E-state index is 12.2. The number of fused-ring (bicyclic) bond motifs is 1. The molecule has 4 rings (SSSR count). The minimum atomic E-state index is -0.647. The lowest BCUT2D eigenvalue weighted by atomic mass is 10.2. The number of ether oxygens (including phenoxy) is 2. The molecular weight excluding hydrogens is 322 g/mol. The van der Waals surface area contributed by atoms with Gasteiger partial charge in [0.15, 0.2) is 11.5 Å². The quantitative estimate of drug-likeness (QED) is 0.770. The molecule has 1 aromatic carbocycles. The number of nitrogens with one attached hydrogen (secondary N) is 1. The first kappa shape index (κ1) is 15.3. The number of rotatable bonds is 5. The van der Waals surface area contributed by atoms with E-state index in [-0.39, 0.29) is 12.5 Å². The van der Waals surface area contributed by atoms with E-state index in [0.717, 1.165) is 11.3 Å². The second-order valence-corrected chi connectivity index (χ2v) is 5.62. The third kappa shape index (κ3) is 3.35. The lowest BCUT2D eigenvalue weighted by Gasteiger charge is -2.25. The molecule has 0 fully saturated rings. The lowest BCUT2D eigenvalue weighted by Crippen LogP contribution is -2.44. The van der Waals surface area contributed by atoms with Gasteiger partial charge in [-0.1, -0.05) is 12.1 Å². The average Bonchev–Trinajstić information content (AvgIpc) is 3.32. The van der Waals surface area contributed by atoms with Gasteiger partial charge in [-0.25, -0.2) is 0 Å². The van der Waals surface area contributed by atoms with Gasteiger partial charge in [-0.2, -0.15) is 5.10 Å². The first-order valence-electron chi connectivity index (χ1n) is 8.02.